The summed E-state index contributed by atoms with van der Waals surface area (Å²) in [5, 5.41) is 0. The van der Waals surface area contributed by atoms with Crippen molar-refractivity contribution in [2.24, 2.45) is 23.7 Å². The molecular weight excluding hydrogens is 384 g/mol. The van der Waals surface area contributed by atoms with Crippen LogP contribution >= 0.6 is 0 Å². The average Bonchev–Trinajstić information content (AvgIpc) is 2.75. The molecule has 0 saturated carbocycles. The SMILES string of the molecule is CCCCCCCCCCCCC(C)CCCC(C)CCCC(C)CCCC(C)CCC. The fourth-order valence-electron chi connectivity index (χ4n) is 5.49. The van der Waals surface area contributed by atoms with Gasteiger partial charge >= 0.3 is 0 Å². The third-order valence-corrected chi connectivity index (χ3v) is 8.01. The summed E-state index contributed by atoms with van der Waals surface area (Å²) < 4.78 is 0. The van der Waals surface area contributed by atoms with Crippen LogP contribution < -0.4 is 0 Å². The van der Waals surface area contributed by atoms with E-state index in [-0.39, 0.29) is 0 Å². The largest absolute Gasteiger partial charge is 0.0654 e. The van der Waals surface area contributed by atoms with Crippen molar-refractivity contribution in [1.82, 2.24) is 0 Å². The monoisotopic (exact) mass is 451 g/mol. The van der Waals surface area contributed by atoms with Crippen LogP contribution in [0.4, 0.5) is 0 Å². The van der Waals surface area contributed by atoms with E-state index in [2.05, 4.69) is 41.5 Å². The Kier molecular flexibility index (Phi) is 24.1. The van der Waals surface area contributed by atoms with Crippen LogP contribution in [0, 0.1) is 23.7 Å². The molecule has 4 unspecified atom stereocenters. The van der Waals surface area contributed by atoms with Crippen LogP contribution in [0.5, 0.6) is 0 Å². The molecule has 0 fully saturated rings. The summed E-state index contributed by atoms with van der Waals surface area (Å²) in [6, 6.07) is 0. The van der Waals surface area contributed by atoms with Gasteiger partial charge < -0.3 is 0 Å². The summed E-state index contributed by atoms with van der Waals surface area (Å²) in [5.74, 6) is 3.78. The Morgan fingerprint density at radius 3 is 0.906 bits per heavy atom. The van der Waals surface area contributed by atoms with Crippen molar-refractivity contribution in [2.75, 3.05) is 0 Å². The number of unbranched alkanes of at least 4 members (excludes halogenated alkanes) is 9. The molecule has 0 N–H and O–H groups in total. The van der Waals surface area contributed by atoms with Crippen molar-refractivity contribution >= 4 is 0 Å². The second-order valence-corrected chi connectivity index (χ2v) is 12.0. The zero-order chi connectivity index (χ0) is 23.9. The lowest BCUT2D eigenvalue weighted by Gasteiger charge is -2.16. The lowest BCUT2D eigenvalue weighted by atomic mass is 9.90. The molecule has 0 heterocycles. The highest BCUT2D eigenvalue weighted by atomic mass is 14.1. The molecule has 0 nitrogen and oxygen atoms in total. The van der Waals surface area contributed by atoms with Crippen molar-refractivity contribution in [3.05, 3.63) is 0 Å². The third kappa shape index (κ3) is 23.2. The second-order valence-electron chi connectivity index (χ2n) is 12.0. The first-order chi connectivity index (χ1) is 15.5. The van der Waals surface area contributed by atoms with Crippen LogP contribution in [-0.2, 0) is 0 Å². The summed E-state index contributed by atoms with van der Waals surface area (Å²) in [6.07, 6.45) is 32.0. The van der Waals surface area contributed by atoms with E-state index in [9.17, 15) is 0 Å². The van der Waals surface area contributed by atoms with E-state index in [4.69, 9.17) is 0 Å². The molecule has 32 heavy (non-hydrogen) atoms. The van der Waals surface area contributed by atoms with Gasteiger partial charge in [0.2, 0.25) is 0 Å². The molecule has 0 aliphatic rings. The molecule has 0 aromatic rings. The van der Waals surface area contributed by atoms with Crippen molar-refractivity contribution in [2.45, 2.75) is 183 Å². The van der Waals surface area contributed by atoms with Gasteiger partial charge in [-0.3, -0.25) is 0 Å². The van der Waals surface area contributed by atoms with E-state index in [1.165, 1.54) is 141 Å². The van der Waals surface area contributed by atoms with Crippen LogP contribution in [0.3, 0.4) is 0 Å². The zero-order valence-electron chi connectivity index (χ0n) is 23.9. The maximum Gasteiger partial charge on any atom is -0.0443 e. The van der Waals surface area contributed by atoms with Gasteiger partial charge in [0.25, 0.3) is 0 Å². The van der Waals surface area contributed by atoms with E-state index in [1.54, 1.807) is 0 Å². The van der Waals surface area contributed by atoms with Gasteiger partial charge in [0, 0.05) is 0 Å². The molecule has 0 amide bonds. The maximum atomic E-state index is 2.50. The first-order valence-corrected chi connectivity index (χ1v) is 15.5. The topological polar surface area (TPSA) is 0 Å². The van der Waals surface area contributed by atoms with E-state index >= 15 is 0 Å². The minimum atomic E-state index is 0.941. The molecular formula is C32H66. The molecule has 0 aliphatic carbocycles. The minimum Gasteiger partial charge on any atom is -0.0654 e. The van der Waals surface area contributed by atoms with Gasteiger partial charge in [-0.2, -0.15) is 0 Å². The molecule has 194 valence electrons. The van der Waals surface area contributed by atoms with Gasteiger partial charge in [0.1, 0.15) is 0 Å². The zero-order valence-corrected chi connectivity index (χ0v) is 23.9. The number of hydrogen-bond acceptors (Lipinski definition) is 0. The van der Waals surface area contributed by atoms with Gasteiger partial charge in [0.15, 0.2) is 0 Å². The fourth-order valence-corrected chi connectivity index (χ4v) is 5.49. The summed E-state index contributed by atoms with van der Waals surface area (Å²) >= 11 is 0. The van der Waals surface area contributed by atoms with Crippen LogP contribution in [-0.4, -0.2) is 0 Å². The van der Waals surface area contributed by atoms with E-state index in [1.807, 2.05) is 0 Å². The molecule has 0 saturated heterocycles. The summed E-state index contributed by atoms with van der Waals surface area (Å²) in [4.78, 5) is 0. The Morgan fingerprint density at radius 1 is 0.281 bits per heavy atom. The Bertz CT molecular complexity index is 346. The van der Waals surface area contributed by atoms with Crippen LogP contribution in [0.2, 0.25) is 0 Å². The lowest BCUT2D eigenvalue weighted by Crippen LogP contribution is -2.02. The molecule has 0 aromatic heterocycles. The molecule has 0 bridgehead atoms. The number of hydrogen-bond donors (Lipinski definition) is 0. The average molecular weight is 451 g/mol. The van der Waals surface area contributed by atoms with Gasteiger partial charge in [-0.15, -0.1) is 0 Å². The van der Waals surface area contributed by atoms with Gasteiger partial charge in [-0.1, -0.05) is 183 Å². The Balaban J connectivity index is 3.45. The van der Waals surface area contributed by atoms with Crippen molar-refractivity contribution in [3.63, 3.8) is 0 Å². The predicted molar refractivity (Wildman–Crippen MR) is 150 cm³/mol. The maximum absolute atomic E-state index is 2.50. The highest BCUT2D eigenvalue weighted by molar-refractivity contribution is 4.62. The Labute approximate surface area is 206 Å². The summed E-state index contributed by atoms with van der Waals surface area (Å²) in [7, 11) is 0. The standard InChI is InChI=1S/C32H66/c1-7-9-10-11-12-13-14-15-16-17-22-30(4)24-19-26-32(6)28-20-27-31(5)25-18-23-29(3)21-8-2/h29-32H,7-28H2,1-6H3. The molecule has 0 rings (SSSR count). The molecule has 0 heteroatoms. The van der Waals surface area contributed by atoms with Gasteiger partial charge in [-0.25, -0.2) is 0 Å². The van der Waals surface area contributed by atoms with Crippen LogP contribution in [0.1, 0.15) is 183 Å². The van der Waals surface area contributed by atoms with Gasteiger partial charge in [0.05, 0.1) is 0 Å². The smallest absolute Gasteiger partial charge is 0.0443 e. The molecule has 0 spiro atoms. The van der Waals surface area contributed by atoms with Gasteiger partial charge in [-0.05, 0) is 23.7 Å². The summed E-state index contributed by atoms with van der Waals surface area (Å²) in [6.45, 7) is 14.6. The number of rotatable bonds is 25. The fraction of sp³-hybridized carbons (Fsp3) is 1.00. The van der Waals surface area contributed by atoms with E-state index in [0.717, 1.165) is 23.7 Å². The quantitative estimate of drug-likeness (QED) is 0.121. The minimum absolute atomic E-state index is 0.941. The van der Waals surface area contributed by atoms with Crippen molar-refractivity contribution < 1.29 is 0 Å². The highest BCUT2D eigenvalue weighted by Gasteiger charge is 2.08. The summed E-state index contributed by atoms with van der Waals surface area (Å²) in [5.41, 5.74) is 0. The normalized spacial score (nSPS) is 15.6. The van der Waals surface area contributed by atoms with Crippen LogP contribution in [0.15, 0.2) is 0 Å². The Morgan fingerprint density at radius 2 is 0.562 bits per heavy atom. The molecule has 0 aromatic carbocycles. The first-order valence-electron chi connectivity index (χ1n) is 15.5. The van der Waals surface area contributed by atoms with Crippen molar-refractivity contribution in [3.8, 4) is 0 Å². The molecule has 4 atom stereocenters. The Hall–Kier alpha value is 0. The third-order valence-electron chi connectivity index (χ3n) is 8.01. The second kappa shape index (κ2) is 24.1. The van der Waals surface area contributed by atoms with E-state index < -0.39 is 0 Å². The highest BCUT2D eigenvalue weighted by Crippen LogP contribution is 2.24. The molecule has 0 radical (unpaired) electrons. The molecule has 0 aliphatic heterocycles. The lowest BCUT2D eigenvalue weighted by molar-refractivity contribution is 0.366. The van der Waals surface area contributed by atoms with Crippen molar-refractivity contribution in [1.29, 1.82) is 0 Å². The van der Waals surface area contributed by atoms with E-state index in [0.29, 0.717) is 0 Å². The first kappa shape index (κ1) is 32.0. The van der Waals surface area contributed by atoms with Crippen LogP contribution in [0.25, 0.3) is 0 Å². The predicted octanol–water partition coefficient (Wildman–Crippen LogP) is 12.2.